The molecule has 24 heavy (non-hydrogen) atoms. The molecule has 4 atom stereocenters. The van der Waals surface area contributed by atoms with E-state index in [1.54, 1.807) is 0 Å². The molecule has 1 saturated carbocycles. The lowest BCUT2D eigenvalue weighted by atomic mass is 9.79. The molecule has 0 radical (unpaired) electrons. The van der Waals surface area contributed by atoms with E-state index in [4.69, 9.17) is 9.84 Å². The molecule has 10 heteroatoms. The van der Waals surface area contributed by atoms with E-state index in [0.717, 1.165) is 12.1 Å². The predicted molar refractivity (Wildman–Crippen MR) is 74.5 cm³/mol. The van der Waals surface area contributed by atoms with Gasteiger partial charge in [0.2, 0.25) is 0 Å². The van der Waals surface area contributed by atoms with Crippen LogP contribution in [0.3, 0.4) is 0 Å². The van der Waals surface area contributed by atoms with Crippen molar-refractivity contribution in [2.75, 3.05) is 0 Å². The Morgan fingerprint density at radius 2 is 1.62 bits per heavy atom. The van der Waals surface area contributed by atoms with Gasteiger partial charge >= 0.3 is 11.9 Å². The average Bonchev–Trinajstić information content (AvgIpc) is 2.49. The molecule has 7 N–H and O–H groups in total. The maximum absolute atomic E-state index is 12.0. The van der Waals surface area contributed by atoms with Crippen molar-refractivity contribution in [1.29, 1.82) is 0 Å². The molecular formula is C14H16O10. The Kier molecular flexibility index (Phi) is 4.56. The lowest BCUT2D eigenvalue weighted by Crippen LogP contribution is -2.57. The largest absolute Gasteiger partial charge is 0.504 e. The minimum atomic E-state index is -2.39. The fourth-order valence-electron chi connectivity index (χ4n) is 2.46. The quantitative estimate of drug-likeness (QED) is 0.256. The van der Waals surface area contributed by atoms with Gasteiger partial charge in [-0.3, -0.25) is 0 Å². The second-order valence-corrected chi connectivity index (χ2v) is 5.61. The van der Waals surface area contributed by atoms with Gasteiger partial charge in [-0.05, 0) is 12.1 Å². The summed E-state index contributed by atoms with van der Waals surface area (Å²) in [5.41, 5.74) is -2.78. The number of carbonyl (C=O) groups excluding carboxylic acids is 1. The first-order chi connectivity index (χ1) is 11.0. The SMILES string of the molecule is O=C(OC1C[C@@](O)(C(=O)O)CC(O)[C@@H]1O)c1cc(O)c(O)c(O)c1. The number of phenols is 3. The number of aliphatic carboxylic acids is 1. The van der Waals surface area contributed by atoms with Gasteiger partial charge in [-0.1, -0.05) is 0 Å². The highest BCUT2D eigenvalue weighted by atomic mass is 16.6. The summed E-state index contributed by atoms with van der Waals surface area (Å²) in [6.07, 6.45) is -6.12. The van der Waals surface area contributed by atoms with Crippen molar-refractivity contribution in [2.45, 2.75) is 36.8 Å². The van der Waals surface area contributed by atoms with E-state index in [9.17, 15) is 40.2 Å². The molecule has 0 aromatic heterocycles. The number of benzene rings is 1. The molecule has 132 valence electrons. The van der Waals surface area contributed by atoms with Crippen molar-refractivity contribution >= 4 is 11.9 Å². The third-order valence-corrected chi connectivity index (χ3v) is 3.82. The van der Waals surface area contributed by atoms with Crippen LogP contribution in [0.25, 0.3) is 0 Å². The molecule has 1 aliphatic rings. The third-order valence-electron chi connectivity index (χ3n) is 3.82. The Labute approximate surface area is 134 Å². The molecule has 0 spiro atoms. The highest BCUT2D eigenvalue weighted by Crippen LogP contribution is 2.36. The van der Waals surface area contributed by atoms with Crippen LogP contribution < -0.4 is 0 Å². The first kappa shape index (κ1) is 17.8. The smallest absolute Gasteiger partial charge is 0.338 e. The summed E-state index contributed by atoms with van der Waals surface area (Å²) in [4.78, 5) is 23.1. The summed E-state index contributed by atoms with van der Waals surface area (Å²) in [7, 11) is 0. The Morgan fingerprint density at radius 1 is 1.08 bits per heavy atom. The summed E-state index contributed by atoms with van der Waals surface area (Å²) in [5.74, 6) is -5.26. The van der Waals surface area contributed by atoms with Crippen molar-refractivity contribution in [3.05, 3.63) is 17.7 Å². The van der Waals surface area contributed by atoms with Crippen LogP contribution in [0.4, 0.5) is 0 Å². The van der Waals surface area contributed by atoms with Gasteiger partial charge in [-0.2, -0.15) is 0 Å². The molecule has 1 aliphatic carbocycles. The normalized spacial score (nSPS) is 29.9. The van der Waals surface area contributed by atoms with E-state index in [0.29, 0.717) is 0 Å². The minimum Gasteiger partial charge on any atom is -0.504 e. The highest BCUT2D eigenvalue weighted by molar-refractivity contribution is 5.91. The van der Waals surface area contributed by atoms with Gasteiger partial charge in [0.15, 0.2) is 22.8 Å². The number of carboxylic acid groups (broad SMARTS) is 1. The molecule has 1 fully saturated rings. The summed E-state index contributed by atoms with van der Waals surface area (Å²) in [6, 6.07) is 1.57. The molecule has 10 nitrogen and oxygen atoms in total. The molecule has 0 saturated heterocycles. The van der Waals surface area contributed by atoms with Crippen molar-refractivity contribution in [2.24, 2.45) is 0 Å². The molecule has 2 unspecified atom stereocenters. The van der Waals surface area contributed by atoms with Crippen LogP contribution in [-0.4, -0.2) is 71.6 Å². The van der Waals surface area contributed by atoms with Crippen LogP contribution in [0.15, 0.2) is 12.1 Å². The maximum Gasteiger partial charge on any atom is 0.338 e. The summed E-state index contributed by atoms with van der Waals surface area (Å²) in [6.45, 7) is 0. The molecule has 0 aliphatic heterocycles. The lowest BCUT2D eigenvalue weighted by Gasteiger charge is -2.39. The van der Waals surface area contributed by atoms with Crippen LogP contribution >= 0.6 is 0 Å². The zero-order valence-electron chi connectivity index (χ0n) is 12.2. The number of hydrogen-bond acceptors (Lipinski definition) is 9. The molecule has 0 heterocycles. The standard InChI is InChI=1S/C14H16O10/c15-6-1-5(2-7(16)10(6)18)12(20)24-9-4-14(23,13(21)22)3-8(17)11(9)19/h1-2,8-9,11,15-19,23H,3-4H2,(H,21,22)/t8?,9?,11-,14+/m0/s1. The second-order valence-electron chi connectivity index (χ2n) is 5.61. The number of ether oxygens (including phenoxy) is 1. The molecule has 1 aromatic rings. The van der Waals surface area contributed by atoms with Crippen molar-refractivity contribution in [1.82, 2.24) is 0 Å². The number of rotatable bonds is 3. The Hall–Kier alpha value is -2.56. The van der Waals surface area contributed by atoms with Crippen LogP contribution in [-0.2, 0) is 9.53 Å². The molecular weight excluding hydrogens is 328 g/mol. The number of carbonyl (C=O) groups is 2. The van der Waals surface area contributed by atoms with Crippen LogP contribution in [0, 0.1) is 0 Å². The number of phenolic OH excluding ortho intramolecular Hbond substituents is 3. The second kappa shape index (κ2) is 6.15. The third kappa shape index (κ3) is 3.20. The molecule has 0 amide bonds. The maximum atomic E-state index is 12.0. The number of aromatic hydroxyl groups is 3. The topological polar surface area (TPSA) is 185 Å². The predicted octanol–water partition coefficient (Wildman–Crippen LogP) is -1.34. The van der Waals surface area contributed by atoms with Crippen LogP contribution in [0.5, 0.6) is 17.2 Å². The van der Waals surface area contributed by atoms with E-state index in [2.05, 4.69) is 0 Å². The number of esters is 1. The zero-order valence-corrected chi connectivity index (χ0v) is 12.2. The van der Waals surface area contributed by atoms with Crippen LogP contribution in [0.1, 0.15) is 23.2 Å². The number of aliphatic hydroxyl groups excluding tert-OH is 2. The highest BCUT2D eigenvalue weighted by Gasteiger charge is 2.50. The van der Waals surface area contributed by atoms with Crippen LogP contribution in [0.2, 0.25) is 0 Å². The van der Waals surface area contributed by atoms with E-state index in [1.807, 2.05) is 0 Å². The van der Waals surface area contributed by atoms with E-state index >= 15 is 0 Å². The van der Waals surface area contributed by atoms with Gasteiger partial charge in [0.05, 0.1) is 11.7 Å². The van der Waals surface area contributed by atoms with Gasteiger partial charge < -0.3 is 40.5 Å². The summed E-state index contributed by atoms with van der Waals surface area (Å²) in [5, 5.41) is 66.4. The Balaban J connectivity index is 2.22. The lowest BCUT2D eigenvalue weighted by molar-refractivity contribution is -0.187. The zero-order chi connectivity index (χ0) is 18.2. The first-order valence-electron chi connectivity index (χ1n) is 6.83. The fraction of sp³-hybridized carbons (Fsp3) is 0.429. The monoisotopic (exact) mass is 344 g/mol. The van der Waals surface area contributed by atoms with Gasteiger partial charge in [0.25, 0.3) is 0 Å². The van der Waals surface area contributed by atoms with E-state index in [-0.39, 0.29) is 0 Å². The summed E-state index contributed by atoms with van der Waals surface area (Å²) < 4.78 is 4.88. The van der Waals surface area contributed by atoms with Gasteiger partial charge in [-0.25, -0.2) is 9.59 Å². The minimum absolute atomic E-state index is 0.395. The fourth-order valence-corrected chi connectivity index (χ4v) is 2.46. The van der Waals surface area contributed by atoms with Gasteiger partial charge in [-0.15, -0.1) is 0 Å². The van der Waals surface area contributed by atoms with Crippen molar-refractivity contribution in [3.63, 3.8) is 0 Å². The molecule has 2 rings (SSSR count). The average molecular weight is 344 g/mol. The van der Waals surface area contributed by atoms with Gasteiger partial charge in [0, 0.05) is 12.8 Å². The molecule has 1 aromatic carbocycles. The van der Waals surface area contributed by atoms with Crippen molar-refractivity contribution in [3.8, 4) is 17.2 Å². The molecule has 0 bridgehead atoms. The first-order valence-corrected chi connectivity index (χ1v) is 6.83. The van der Waals surface area contributed by atoms with E-state index < -0.39 is 71.5 Å². The number of aliphatic hydroxyl groups is 3. The van der Waals surface area contributed by atoms with E-state index in [1.165, 1.54) is 0 Å². The number of hydrogen-bond donors (Lipinski definition) is 7. The number of carboxylic acids is 1. The Bertz CT molecular complexity index is 649. The van der Waals surface area contributed by atoms with Crippen molar-refractivity contribution < 1.29 is 50.1 Å². The van der Waals surface area contributed by atoms with Gasteiger partial charge in [0.1, 0.15) is 12.2 Å². The summed E-state index contributed by atoms with van der Waals surface area (Å²) >= 11 is 0. The Morgan fingerprint density at radius 3 is 2.12 bits per heavy atom.